The molecule has 0 atom stereocenters. The quantitative estimate of drug-likeness (QED) is 0.384. The number of hydrogen-bond acceptors (Lipinski definition) is 3. The van der Waals surface area contributed by atoms with Crippen LogP contribution in [0.3, 0.4) is 0 Å². The summed E-state index contributed by atoms with van der Waals surface area (Å²) in [4.78, 5) is 9.52. The molecule has 0 amide bonds. The zero-order chi connectivity index (χ0) is 16.3. The van der Waals surface area contributed by atoms with Gasteiger partial charge in [-0.3, -0.25) is 4.98 Å². The summed E-state index contributed by atoms with van der Waals surface area (Å²) in [7, 11) is 0. The van der Waals surface area contributed by atoms with E-state index in [-0.39, 0.29) is 0 Å². The Labute approximate surface area is 147 Å². The number of para-hydroxylation sites is 1. The second kappa shape index (κ2) is 5.02. The topological polar surface area (TPSA) is 35.0 Å². The second-order valence-corrected chi connectivity index (χ2v) is 6.94. The van der Waals surface area contributed by atoms with E-state index in [9.17, 15) is 0 Å². The molecule has 116 valence electrons. The normalized spacial score (nSPS) is 12.8. The third kappa shape index (κ3) is 1.89. The lowest BCUT2D eigenvalue weighted by Gasteiger charge is -2.23. The first-order valence-electron chi connectivity index (χ1n) is 7.82. The molecule has 2 aromatic carbocycles. The van der Waals surface area contributed by atoms with Crippen LogP contribution in [0.5, 0.6) is 5.75 Å². The molecule has 0 radical (unpaired) electrons. The number of nitrogens with zero attached hydrogens (tertiary/aromatic N) is 2. The first-order valence-corrected chi connectivity index (χ1v) is 8.61. The van der Waals surface area contributed by atoms with Gasteiger partial charge in [-0.1, -0.05) is 34.1 Å². The maximum Gasteiger partial charge on any atom is 0.129 e. The van der Waals surface area contributed by atoms with Gasteiger partial charge in [0.2, 0.25) is 0 Å². The molecule has 0 bridgehead atoms. The summed E-state index contributed by atoms with van der Waals surface area (Å²) in [5.41, 5.74) is 6.33. The highest BCUT2D eigenvalue weighted by atomic mass is 79.9. The van der Waals surface area contributed by atoms with Gasteiger partial charge >= 0.3 is 0 Å². The van der Waals surface area contributed by atoms with Crippen molar-refractivity contribution in [2.24, 2.45) is 0 Å². The van der Waals surface area contributed by atoms with Crippen LogP contribution in [0.15, 0.2) is 53.1 Å². The molecule has 0 unspecified atom stereocenters. The fourth-order valence-corrected chi connectivity index (χ4v) is 3.85. The summed E-state index contributed by atoms with van der Waals surface area (Å²) in [6, 6.07) is 14.3. The summed E-state index contributed by atoms with van der Waals surface area (Å²) in [6.45, 7) is 2.71. The summed E-state index contributed by atoms with van der Waals surface area (Å²) < 4.78 is 6.99. The van der Waals surface area contributed by atoms with E-state index in [1.165, 1.54) is 10.9 Å². The Hall–Kier alpha value is -2.46. The number of aromatic nitrogens is 2. The summed E-state index contributed by atoms with van der Waals surface area (Å²) >= 11 is 3.55. The smallest absolute Gasteiger partial charge is 0.129 e. The van der Waals surface area contributed by atoms with Crippen molar-refractivity contribution < 1.29 is 4.74 Å². The van der Waals surface area contributed by atoms with Crippen LogP contribution in [0, 0.1) is 6.92 Å². The number of halogens is 1. The number of pyridine rings is 2. The van der Waals surface area contributed by atoms with Gasteiger partial charge in [-0.15, -0.1) is 0 Å². The predicted octanol–water partition coefficient (Wildman–Crippen LogP) is 5.41. The van der Waals surface area contributed by atoms with Crippen LogP contribution in [-0.2, 0) is 6.61 Å². The summed E-state index contributed by atoms with van der Waals surface area (Å²) in [6.07, 6.45) is 1.87. The third-order valence-corrected chi connectivity index (χ3v) is 5.16. The average molecular weight is 377 g/mol. The molecule has 5 rings (SSSR count). The van der Waals surface area contributed by atoms with Crippen LogP contribution < -0.4 is 4.74 Å². The van der Waals surface area contributed by atoms with E-state index >= 15 is 0 Å². The minimum atomic E-state index is 0.551. The third-order valence-electron chi connectivity index (χ3n) is 4.67. The number of rotatable bonds is 0. The molecular weight excluding hydrogens is 364 g/mol. The van der Waals surface area contributed by atoms with Crippen molar-refractivity contribution in [2.75, 3.05) is 0 Å². The van der Waals surface area contributed by atoms with Crippen molar-refractivity contribution in [1.29, 1.82) is 0 Å². The monoisotopic (exact) mass is 376 g/mol. The van der Waals surface area contributed by atoms with Crippen molar-refractivity contribution >= 4 is 37.7 Å². The van der Waals surface area contributed by atoms with Crippen LogP contribution >= 0.6 is 15.9 Å². The molecule has 0 spiro atoms. The molecule has 1 aliphatic heterocycles. The highest BCUT2D eigenvalue weighted by Gasteiger charge is 2.23. The maximum atomic E-state index is 5.97. The Morgan fingerprint density at radius 2 is 1.96 bits per heavy atom. The van der Waals surface area contributed by atoms with Gasteiger partial charge in [-0.2, -0.15) is 0 Å². The Kier molecular flexibility index (Phi) is 2.91. The minimum absolute atomic E-state index is 0.551. The molecule has 4 heteroatoms. The first kappa shape index (κ1) is 13.9. The average Bonchev–Trinajstić information content (AvgIpc) is 2.61. The van der Waals surface area contributed by atoms with Crippen molar-refractivity contribution in [3.8, 4) is 17.0 Å². The Morgan fingerprint density at radius 1 is 1.08 bits per heavy atom. The number of benzene rings is 2. The molecule has 4 aromatic rings. The molecule has 0 saturated heterocycles. The van der Waals surface area contributed by atoms with Gasteiger partial charge in [0.15, 0.2) is 0 Å². The van der Waals surface area contributed by atoms with Gasteiger partial charge in [0.1, 0.15) is 12.4 Å². The zero-order valence-electron chi connectivity index (χ0n) is 13.0. The second-order valence-electron chi connectivity index (χ2n) is 6.03. The Bertz CT molecular complexity index is 1140. The number of hydrogen-bond donors (Lipinski definition) is 0. The van der Waals surface area contributed by atoms with Crippen molar-refractivity contribution in [1.82, 2.24) is 9.97 Å². The van der Waals surface area contributed by atoms with E-state index < -0.39 is 0 Å². The largest absolute Gasteiger partial charge is 0.488 e. The van der Waals surface area contributed by atoms with Crippen LogP contribution in [0.1, 0.15) is 11.1 Å². The molecule has 2 aromatic heterocycles. The summed E-state index contributed by atoms with van der Waals surface area (Å²) in [5, 5.41) is 2.31. The first-order chi connectivity index (χ1) is 11.7. The van der Waals surface area contributed by atoms with Gasteiger partial charge in [-0.25, -0.2) is 4.98 Å². The molecule has 0 saturated carbocycles. The van der Waals surface area contributed by atoms with Crippen molar-refractivity contribution in [3.63, 3.8) is 0 Å². The number of fused-ring (bicyclic) bond motifs is 6. The highest BCUT2D eigenvalue weighted by Crippen LogP contribution is 2.41. The van der Waals surface area contributed by atoms with Gasteiger partial charge in [-0.05, 0) is 36.8 Å². The lowest BCUT2D eigenvalue weighted by molar-refractivity contribution is 0.301. The molecule has 0 fully saturated rings. The fourth-order valence-electron chi connectivity index (χ4n) is 3.49. The van der Waals surface area contributed by atoms with Gasteiger partial charge < -0.3 is 4.74 Å². The lowest BCUT2D eigenvalue weighted by atomic mass is 9.95. The van der Waals surface area contributed by atoms with E-state index in [0.29, 0.717) is 6.61 Å². The number of aryl methyl sites for hydroxylation is 1. The van der Waals surface area contributed by atoms with Crippen LogP contribution in [0.25, 0.3) is 33.1 Å². The van der Waals surface area contributed by atoms with E-state index in [2.05, 4.69) is 40.0 Å². The van der Waals surface area contributed by atoms with Crippen LogP contribution in [0.4, 0.5) is 0 Å². The molecule has 3 heterocycles. The Morgan fingerprint density at radius 3 is 2.88 bits per heavy atom. The van der Waals surface area contributed by atoms with Crippen molar-refractivity contribution in [2.45, 2.75) is 13.5 Å². The zero-order valence-corrected chi connectivity index (χ0v) is 14.6. The molecular formula is C20H13BrN2O. The van der Waals surface area contributed by atoms with Crippen LogP contribution in [0.2, 0.25) is 0 Å². The van der Waals surface area contributed by atoms with E-state index in [1.54, 1.807) is 0 Å². The minimum Gasteiger partial charge on any atom is -0.488 e. The maximum absolute atomic E-state index is 5.97. The lowest BCUT2D eigenvalue weighted by Crippen LogP contribution is -2.10. The van der Waals surface area contributed by atoms with Crippen molar-refractivity contribution in [3.05, 3.63) is 64.3 Å². The molecule has 3 nitrogen and oxygen atoms in total. The van der Waals surface area contributed by atoms with Gasteiger partial charge in [0.25, 0.3) is 0 Å². The molecule has 24 heavy (non-hydrogen) atoms. The molecule has 0 N–H and O–H groups in total. The molecule has 0 aliphatic carbocycles. The van der Waals surface area contributed by atoms with Crippen LogP contribution in [-0.4, -0.2) is 9.97 Å². The van der Waals surface area contributed by atoms with E-state index in [1.807, 2.05) is 36.5 Å². The van der Waals surface area contributed by atoms with E-state index in [0.717, 1.165) is 43.5 Å². The SMILES string of the molecule is Cc1c2c(nc3cnc4ccccc4c13)-c1cc(Br)ccc1OC2. The highest BCUT2D eigenvalue weighted by molar-refractivity contribution is 9.10. The summed E-state index contributed by atoms with van der Waals surface area (Å²) in [5.74, 6) is 0.880. The van der Waals surface area contributed by atoms with Gasteiger partial charge in [0.05, 0.1) is 22.9 Å². The number of ether oxygens (including phenoxy) is 1. The fraction of sp³-hybridized carbons (Fsp3) is 0.100. The molecule has 1 aliphatic rings. The van der Waals surface area contributed by atoms with Gasteiger partial charge in [0, 0.05) is 26.4 Å². The Balaban J connectivity index is 1.92. The van der Waals surface area contributed by atoms with E-state index in [4.69, 9.17) is 9.72 Å². The standard InChI is InChI=1S/C20H13BrN2O/c1-11-15-10-24-18-7-6-12(21)8-14(18)20(15)23-17-9-22-16-5-3-2-4-13(16)19(11)17/h2-9H,10H2,1H3. The predicted molar refractivity (Wildman–Crippen MR) is 99.2 cm³/mol.